The number of amides is 2. The lowest BCUT2D eigenvalue weighted by atomic mass is 10.1. The largest absolute Gasteiger partial charge is 0.497 e. The topological polar surface area (TPSA) is 58.6 Å². The van der Waals surface area contributed by atoms with E-state index in [1.807, 2.05) is 31.2 Å². The first-order valence-corrected chi connectivity index (χ1v) is 10.6. The van der Waals surface area contributed by atoms with Crippen LogP contribution in [0.3, 0.4) is 0 Å². The number of hydrogen-bond acceptors (Lipinski definition) is 4. The van der Waals surface area contributed by atoms with E-state index in [4.69, 9.17) is 4.74 Å². The van der Waals surface area contributed by atoms with Gasteiger partial charge in [-0.15, -0.1) is 11.8 Å². The third-order valence-corrected chi connectivity index (χ3v) is 5.52. The minimum absolute atomic E-state index is 0.115. The summed E-state index contributed by atoms with van der Waals surface area (Å²) in [5, 5.41) is 2.65. The number of nitrogens with one attached hydrogen (secondary N) is 1. The van der Waals surface area contributed by atoms with Crippen molar-refractivity contribution in [2.24, 2.45) is 0 Å². The van der Waals surface area contributed by atoms with Crippen molar-refractivity contribution in [2.45, 2.75) is 31.7 Å². The molecule has 0 saturated heterocycles. The van der Waals surface area contributed by atoms with Gasteiger partial charge in [0.05, 0.1) is 12.9 Å². The Kier molecular flexibility index (Phi) is 8.99. The first-order valence-electron chi connectivity index (χ1n) is 9.44. The summed E-state index contributed by atoms with van der Waals surface area (Å²) in [5.41, 5.74) is 1.84. The number of benzene rings is 2. The molecule has 0 heterocycles. The summed E-state index contributed by atoms with van der Waals surface area (Å²) >= 11 is 1.44. The van der Waals surface area contributed by atoms with Gasteiger partial charge in [-0.25, -0.2) is 4.39 Å². The Balaban J connectivity index is 2.10. The molecular weight excluding hydrogens is 391 g/mol. The van der Waals surface area contributed by atoms with E-state index in [-0.39, 0.29) is 23.4 Å². The molecule has 7 heteroatoms. The van der Waals surface area contributed by atoms with Crippen molar-refractivity contribution in [3.63, 3.8) is 0 Å². The average Bonchev–Trinajstić information content (AvgIpc) is 2.74. The van der Waals surface area contributed by atoms with Gasteiger partial charge >= 0.3 is 0 Å². The molecule has 0 radical (unpaired) electrons. The fraction of sp³-hybridized carbons (Fsp3) is 0.364. The number of carbonyl (C=O) groups excluding carboxylic acids is 2. The Morgan fingerprint density at radius 1 is 1.17 bits per heavy atom. The maximum atomic E-state index is 13.0. The molecule has 2 aromatic carbocycles. The van der Waals surface area contributed by atoms with Gasteiger partial charge in [0, 0.05) is 19.3 Å². The average molecular weight is 419 g/mol. The molecule has 29 heavy (non-hydrogen) atoms. The summed E-state index contributed by atoms with van der Waals surface area (Å²) in [4.78, 5) is 27.0. The zero-order valence-corrected chi connectivity index (χ0v) is 17.8. The fourth-order valence-corrected chi connectivity index (χ4v) is 3.84. The molecule has 0 aliphatic carbocycles. The maximum absolute atomic E-state index is 13.0. The van der Waals surface area contributed by atoms with Gasteiger partial charge in [0.15, 0.2) is 0 Å². The lowest BCUT2D eigenvalue weighted by Gasteiger charge is -2.30. The molecule has 0 aliphatic heterocycles. The molecule has 0 fully saturated rings. The number of halogens is 1. The van der Waals surface area contributed by atoms with E-state index in [9.17, 15) is 14.0 Å². The second-order valence-electron chi connectivity index (χ2n) is 6.53. The number of nitrogens with zero attached hydrogens (tertiary/aromatic N) is 1. The van der Waals surface area contributed by atoms with Crippen LogP contribution in [0.15, 0.2) is 48.5 Å². The minimum atomic E-state index is -0.551. The number of ether oxygens (including phenoxy) is 1. The quantitative estimate of drug-likeness (QED) is 0.640. The Bertz CT molecular complexity index is 814. The van der Waals surface area contributed by atoms with Gasteiger partial charge in [0.25, 0.3) is 0 Å². The highest BCUT2D eigenvalue weighted by atomic mass is 32.2. The normalized spacial score (nSPS) is 11.6. The van der Waals surface area contributed by atoms with Crippen molar-refractivity contribution in [1.82, 2.24) is 10.2 Å². The number of likely N-dealkylation sites (N-methyl/N-ethyl adjacent to an activating group) is 1. The zero-order chi connectivity index (χ0) is 21.2. The monoisotopic (exact) mass is 418 g/mol. The van der Waals surface area contributed by atoms with Crippen molar-refractivity contribution in [2.75, 3.05) is 19.9 Å². The number of thioether (sulfide) groups is 1. The van der Waals surface area contributed by atoms with Crippen LogP contribution in [0.25, 0.3) is 0 Å². The molecule has 156 valence electrons. The Morgan fingerprint density at radius 3 is 2.52 bits per heavy atom. The lowest BCUT2D eigenvalue weighted by molar-refractivity contribution is -0.139. The number of rotatable bonds is 10. The van der Waals surface area contributed by atoms with Gasteiger partial charge in [0.1, 0.15) is 17.6 Å². The summed E-state index contributed by atoms with van der Waals surface area (Å²) in [6.45, 7) is 2.20. The second-order valence-corrected chi connectivity index (χ2v) is 7.52. The van der Waals surface area contributed by atoms with Gasteiger partial charge in [-0.2, -0.15) is 0 Å². The Hall–Kier alpha value is -2.54. The highest BCUT2D eigenvalue weighted by molar-refractivity contribution is 7.99. The highest BCUT2D eigenvalue weighted by Gasteiger charge is 2.27. The third-order valence-electron chi connectivity index (χ3n) is 4.53. The molecule has 0 saturated carbocycles. The van der Waals surface area contributed by atoms with Crippen molar-refractivity contribution in [3.05, 3.63) is 65.5 Å². The zero-order valence-electron chi connectivity index (χ0n) is 17.0. The molecular formula is C22H27FN2O3S. The van der Waals surface area contributed by atoms with Crippen molar-refractivity contribution < 1.29 is 18.7 Å². The van der Waals surface area contributed by atoms with Crippen LogP contribution in [0.5, 0.6) is 5.75 Å². The Morgan fingerprint density at radius 2 is 1.90 bits per heavy atom. The molecule has 1 atom stereocenters. The smallest absolute Gasteiger partial charge is 0.242 e. The van der Waals surface area contributed by atoms with Crippen LogP contribution in [0.4, 0.5) is 4.39 Å². The van der Waals surface area contributed by atoms with Gasteiger partial charge < -0.3 is 15.0 Å². The molecule has 0 unspecified atom stereocenters. The molecule has 2 aromatic rings. The molecule has 2 amide bonds. The van der Waals surface area contributed by atoms with Crippen LogP contribution in [-0.2, 0) is 21.9 Å². The molecule has 2 rings (SSSR count). The molecule has 5 nitrogen and oxygen atoms in total. The molecule has 0 spiro atoms. The van der Waals surface area contributed by atoms with E-state index in [1.54, 1.807) is 31.2 Å². The van der Waals surface area contributed by atoms with Gasteiger partial charge in [-0.05, 0) is 41.8 Å². The van der Waals surface area contributed by atoms with Crippen LogP contribution in [0.1, 0.15) is 24.5 Å². The second kappa shape index (κ2) is 11.5. The van der Waals surface area contributed by atoms with E-state index in [0.29, 0.717) is 24.5 Å². The summed E-state index contributed by atoms with van der Waals surface area (Å²) in [6.07, 6.45) is 0.512. The minimum Gasteiger partial charge on any atom is -0.497 e. The summed E-state index contributed by atoms with van der Waals surface area (Å²) in [7, 11) is 3.16. The lowest BCUT2D eigenvalue weighted by Crippen LogP contribution is -2.48. The highest BCUT2D eigenvalue weighted by Crippen LogP contribution is 2.19. The van der Waals surface area contributed by atoms with Gasteiger partial charge in [0.2, 0.25) is 11.8 Å². The maximum Gasteiger partial charge on any atom is 0.242 e. The Labute approximate surface area is 175 Å². The standard InChI is InChI=1S/C22H27FN2O3S/c1-4-20(22(27)24-2)25(13-17-6-5-7-19(12-17)28-3)21(26)15-29-14-16-8-10-18(23)11-9-16/h5-12,20H,4,13-15H2,1-3H3,(H,24,27)/t20-/m1/s1. The predicted molar refractivity (Wildman–Crippen MR) is 114 cm³/mol. The first-order chi connectivity index (χ1) is 14.0. The molecule has 0 aromatic heterocycles. The van der Waals surface area contributed by atoms with E-state index in [1.165, 1.54) is 23.9 Å². The fourth-order valence-electron chi connectivity index (χ4n) is 2.97. The van der Waals surface area contributed by atoms with Crippen molar-refractivity contribution >= 4 is 23.6 Å². The van der Waals surface area contributed by atoms with Crippen molar-refractivity contribution in [3.8, 4) is 5.75 Å². The molecule has 0 aliphatic rings. The number of carbonyl (C=O) groups is 2. The molecule has 0 bridgehead atoms. The van der Waals surface area contributed by atoms with Crippen LogP contribution in [-0.4, -0.2) is 42.7 Å². The first kappa shape index (κ1) is 22.7. The molecule has 1 N–H and O–H groups in total. The predicted octanol–water partition coefficient (Wildman–Crippen LogP) is 3.62. The number of hydrogen-bond donors (Lipinski definition) is 1. The summed E-state index contributed by atoms with van der Waals surface area (Å²) in [6, 6.07) is 13.2. The van der Waals surface area contributed by atoms with Crippen LogP contribution in [0.2, 0.25) is 0 Å². The van der Waals surface area contributed by atoms with Gasteiger partial charge in [-0.3, -0.25) is 9.59 Å². The van der Waals surface area contributed by atoms with Crippen molar-refractivity contribution in [1.29, 1.82) is 0 Å². The van der Waals surface area contributed by atoms with Crippen LogP contribution >= 0.6 is 11.8 Å². The van der Waals surface area contributed by atoms with E-state index >= 15 is 0 Å². The SMILES string of the molecule is CC[C@H](C(=O)NC)N(Cc1cccc(OC)c1)C(=O)CSCc1ccc(F)cc1. The summed E-state index contributed by atoms with van der Waals surface area (Å²) < 4.78 is 18.3. The summed E-state index contributed by atoms with van der Waals surface area (Å²) in [5.74, 6) is 0.942. The van der Waals surface area contributed by atoms with Crippen LogP contribution < -0.4 is 10.1 Å². The van der Waals surface area contributed by atoms with Gasteiger partial charge in [-0.1, -0.05) is 31.2 Å². The number of methoxy groups -OCH3 is 1. The third kappa shape index (κ3) is 6.78. The van der Waals surface area contributed by atoms with E-state index in [0.717, 1.165) is 11.1 Å². The van der Waals surface area contributed by atoms with Crippen LogP contribution in [0, 0.1) is 5.82 Å². The van der Waals surface area contributed by atoms with E-state index < -0.39 is 6.04 Å². The van der Waals surface area contributed by atoms with E-state index in [2.05, 4.69) is 5.32 Å².